The maximum Gasteiger partial charge on any atom is 0.244 e. The Kier molecular flexibility index (Phi) is 4.14. The maximum absolute atomic E-state index is 11.6. The Labute approximate surface area is 107 Å². The van der Waals surface area contributed by atoms with Crippen LogP contribution in [-0.4, -0.2) is 11.9 Å². The lowest BCUT2D eigenvalue weighted by Gasteiger charge is -2.08. The number of carbonyl (C=O) groups is 1. The summed E-state index contributed by atoms with van der Waals surface area (Å²) in [5.41, 5.74) is 1.55. The molecule has 18 heavy (non-hydrogen) atoms. The summed E-state index contributed by atoms with van der Waals surface area (Å²) >= 11 is 0. The Morgan fingerprint density at radius 2 is 1.94 bits per heavy atom. The van der Waals surface area contributed by atoms with Crippen molar-refractivity contribution >= 4 is 12.0 Å². The molecule has 2 rings (SSSR count). The number of hydrogen-bond acceptors (Lipinski definition) is 2. The molecule has 3 heteroatoms. The number of nitrogens with zero attached hydrogens (tertiary/aromatic N) is 1. The fourth-order valence-corrected chi connectivity index (χ4v) is 2.16. The Morgan fingerprint density at radius 1 is 1.28 bits per heavy atom. The van der Waals surface area contributed by atoms with Crippen LogP contribution in [0.1, 0.15) is 36.8 Å². The molecular weight excluding hydrogens is 224 g/mol. The first-order valence-corrected chi connectivity index (χ1v) is 6.26. The standard InChI is InChI=1S/C15H16N2O/c16-11-13-7-5-12(6-8-13)9-10-15(18)17-14-3-1-2-4-14/h5-10,14H,1-4H2,(H,17,18)/b10-9+. The van der Waals surface area contributed by atoms with E-state index >= 15 is 0 Å². The number of rotatable bonds is 3. The second kappa shape index (κ2) is 6.02. The molecule has 1 fully saturated rings. The lowest BCUT2D eigenvalue weighted by Crippen LogP contribution is -2.30. The van der Waals surface area contributed by atoms with Crippen molar-refractivity contribution < 1.29 is 4.79 Å². The van der Waals surface area contributed by atoms with Crippen molar-refractivity contribution in [2.24, 2.45) is 0 Å². The van der Waals surface area contributed by atoms with E-state index in [0.29, 0.717) is 11.6 Å². The summed E-state index contributed by atoms with van der Waals surface area (Å²) in [6.07, 6.45) is 7.94. The van der Waals surface area contributed by atoms with E-state index in [9.17, 15) is 4.79 Å². The number of amides is 1. The van der Waals surface area contributed by atoms with E-state index < -0.39 is 0 Å². The minimum Gasteiger partial charge on any atom is -0.350 e. The predicted molar refractivity (Wildman–Crippen MR) is 70.6 cm³/mol. The molecule has 3 nitrogen and oxygen atoms in total. The van der Waals surface area contributed by atoms with Crippen LogP contribution in [0.15, 0.2) is 30.3 Å². The highest BCUT2D eigenvalue weighted by Gasteiger charge is 2.15. The van der Waals surface area contributed by atoms with Gasteiger partial charge in [0.05, 0.1) is 11.6 Å². The number of nitriles is 1. The van der Waals surface area contributed by atoms with E-state index in [1.54, 1.807) is 24.3 Å². The van der Waals surface area contributed by atoms with E-state index in [-0.39, 0.29) is 5.91 Å². The van der Waals surface area contributed by atoms with E-state index in [2.05, 4.69) is 11.4 Å². The van der Waals surface area contributed by atoms with Gasteiger partial charge in [0.15, 0.2) is 0 Å². The Bertz CT molecular complexity index is 476. The second-order valence-electron chi connectivity index (χ2n) is 4.56. The minimum absolute atomic E-state index is 0.0359. The van der Waals surface area contributed by atoms with Gasteiger partial charge in [-0.15, -0.1) is 0 Å². The summed E-state index contributed by atoms with van der Waals surface area (Å²) in [5, 5.41) is 11.7. The summed E-state index contributed by atoms with van der Waals surface area (Å²) in [7, 11) is 0. The molecule has 1 aliphatic rings. The molecule has 0 radical (unpaired) electrons. The fourth-order valence-electron chi connectivity index (χ4n) is 2.16. The van der Waals surface area contributed by atoms with Crippen molar-refractivity contribution in [2.75, 3.05) is 0 Å². The molecule has 1 saturated carbocycles. The topological polar surface area (TPSA) is 52.9 Å². The van der Waals surface area contributed by atoms with Crippen LogP contribution in [0.2, 0.25) is 0 Å². The third-order valence-corrected chi connectivity index (χ3v) is 3.17. The third-order valence-electron chi connectivity index (χ3n) is 3.17. The first-order valence-electron chi connectivity index (χ1n) is 6.26. The largest absolute Gasteiger partial charge is 0.350 e. The van der Waals surface area contributed by atoms with Gasteiger partial charge >= 0.3 is 0 Å². The molecule has 0 bridgehead atoms. The quantitative estimate of drug-likeness (QED) is 0.826. The third kappa shape index (κ3) is 3.46. The van der Waals surface area contributed by atoms with Gasteiger partial charge in [-0.1, -0.05) is 25.0 Å². The van der Waals surface area contributed by atoms with Crippen molar-refractivity contribution in [1.29, 1.82) is 5.26 Å². The van der Waals surface area contributed by atoms with Crippen LogP contribution in [0.25, 0.3) is 6.08 Å². The van der Waals surface area contributed by atoms with Gasteiger partial charge in [0.2, 0.25) is 5.91 Å². The SMILES string of the molecule is N#Cc1ccc(/C=C/C(=O)NC2CCCC2)cc1. The van der Waals surface area contributed by atoms with E-state index in [1.807, 2.05) is 12.1 Å². The molecule has 1 aromatic carbocycles. The van der Waals surface area contributed by atoms with Crippen LogP contribution in [0.5, 0.6) is 0 Å². The number of benzene rings is 1. The van der Waals surface area contributed by atoms with Gasteiger partial charge in [0.1, 0.15) is 0 Å². The average Bonchev–Trinajstić information content (AvgIpc) is 2.90. The summed E-state index contributed by atoms with van der Waals surface area (Å²) in [5.74, 6) is -0.0359. The molecule has 0 heterocycles. The second-order valence-corrected chi connectivity index (χ2v) is 4.56. The van der Waals surface area contributed by atoms with E-state index in [4.69, 9.17) is 5.26 Å². The zero-order valence-corrected chi connectivity index (χ0v) is 10.2. The van der Waals surface area contributed by atoms with Gasteiger partial charge in [-0.25, -0.2) is 0 Å². The first-order chi connectivity index (χ1) is 8.78. The zero-order chi connectivity index (χ0) is 12.8. The van der Waals surface area contributed by atoms with E-state index in [0.717, 1.165) is 18.4 Å². The van der Waals surface area contributed by atoms with Gasteiger partial charge in [-0.3, -0.25) is 4.79 Å². The predicted octanol–water partition coefficient (Wildman–Crippen LogP) is 2.63. The number of carbonyl (C=O) groups excluding carboxylic acids is 1. The maximum atomic E-state index is 11.6. The lowest BCUT2D eigenvalue weighted by atomic mass is 10.1. The molecule has 0 saturated heterocycles. The molecular formula is C15H16N2O. The van der Waals surface area contributed by atoms with Gasteiger partial charge in [0.25, 0.3) is 0 Å². The molecule has 0 aromatic heterocycles. The van der Waals surface area contributed by atoms with Crippen LogP contribution in [0, 0.1) is 11.3 Å². The average molecular weight is 240 g/mol. The van der Waals surface area contributed by atoms with Crippen molar-refractivity contribution in [3.63, 3.8) is 0 Å². The molecule has 1 amide bonds. The molecule has 0 spiro atoms. The highest BCUT2D eigenvalue weighted by Crippen LogP contribution is 2.17. The van der Waals surface area contributed by atoms with Gasteiger partial charge in [-0.2, -0.15) is 5.26 Å². The Morgan fingerprint density at radius 3 is 2.56 bits per heavy atom. The van der Waals surface area contributed by atoms with Crippen LogP contribution in [0.4, 0.5) is 0 Å². The highest BCUT2D eigenvalue weighted by molar-refractivity contribution is 5.91. The molecule has 1 aromatic rings. The van der Waals surface area contributed by atoms with Crippen molar-refractivity contribution in [3.05, 3.63) is 41.5 Å². The van der Waals surface area contributed by atoms with Crippen LogP contribution in [-0.2, 0) is 4.79 Å². The highest BCUT2D eigenvalue weighted by atomic mass is 16.1. The molecule has 0 aliphatic heterocycles. The fraction of sp³-hybridized carbons (Fsp3) is 0.333. The van der Waals surface area contributed by atoms with Crippen LogP contribution < -0.4 is 5.32 Å². The van der Waals surface area contributed by atoms with Crippen molar-refractivity contribution in [3.8, 4) is 6.07 Å². The summed E-state index contributed by atoms with van der Waals surface area (Å²) in [4.78, 5) is 11.6. The molecule has 0 unspecified atom stereocenters. The molecule has 0 atom stereocenters. The van der Waals surface area contributed by atoms with Crippen LogP contribution in [0.3, 0.4) is 0 Å². The smallest absolute Gasteiger partial charge is 0.244 e. The Balaban J connectivity index is 1.89. The summed E-state index contributed by atoms with van der Waals surface area (Å²) in [6.45, 7) is 0. The van der Waals surface area contributed by atoms with Gasteiger partial charge in [0, 0.05) is 12.1 Å². The summed E-state index contributed by atoms with van der Waals surface area (Å²) < 4.78 is 0. The molecule has 92 valence electrons. The zero-order valence-electron chi connectivity index (χ0n) is 10.2. The molecule has 1 N–H and O–H groups in total. The summed E-state index contributed by atoms with van der Waals surface area (Å²) in [6, 6.07) is 9.57. The van der Waals surface area contributed by atoms with Crippen molar-refractivity contribution in [2.45, 2.75) is 31.7 Å². The van der Waals surface area contributed by atoms with Crippen LogP contribution >= 0.6 is 0 Å². The number of nitrogens with one attached hydrogen (secondary N) is 1. The normalized spacial score (nSPS) is 15.7. The Hall–Kier alpha value is -2.08. The number of hydrogen-bond donors (Lipinski definition) is 1. The monoisotopic (exact) mass is 240 g/mol. The molecule has 1 aliphatic carbocycles. The van der Waals surface area contributed by atoms with Gasteiger partial charge < -0.3 is 5.32 Å². The lowest BCUT2D eigenvalue weighted by molar-refractivity contribution is -0.117. The van der Waals surface area contributed by atoms with Crippen molar-refractivity contribution in [1.82, 2.24) is 5.32 Å². The van der Waals surface area contributed by atoms with E-state index in [1.165, 1.54) is 12.8 Å². The first kappa shape index (κ1) is 12.4. The minimum atomic E-state index is -0.0359. The van der Waals surface area contributed by atoms with Gasteiger partial charge in [-0.05, 0) is 36.6 Å².